The molecule has 2 aromatic heterocycles. The number of imidazole rings is 1. The minimum Gasteiger partial charge on any atom is -0.455 e. The highest BCUT2D eigenvalue weighted by Crippen LogP contribution is 2.26. The zero-order chi connectivity index (χ0) is 17.3. The Morgan fingerprint density at radius 3 is 2.79 bits per heavy atom. The quantitative estimate of drug-likeness (QED) is 0.862. The molecule has 2 aromatic rings. The molecule has 0 fully saturated rings. The van der Waals surface area contributed by atoms with E-state index in [-0.39, 0.29) is 11.7 Å². The van der Waals surface area contributed by atoms with Crippen LogP contribution in [-0.4, -0.2) is 32.0 Å². The van der Waals surface area contributed by atoms with Crippen LogP contribution in [0.1, 0.15) is 60.4 Å². The summed E-state index contributed by atoms with van der Waals surface area (Å²) in [5, 5.41) is 4.36. The predicted molar refractivity (Wildman–Crippen MR) is 90.4 cm³/mol. The molecule has 7 nitrogen and oxygen atoms in total. The molecule has 0 saturated carbocycles. The van der Waals surface area contributed by atoms with E-state index in [0.29, 0.717) is 17.9 Å². The molecule has 1 aliphatic heterocycles. The van der Waals surface area contributed by atoms with E-state index in [1.54, 1.807) is 10.9 Å². The zero-order valence-corrected chi connectivity index (χ0v) is 14.8. The summed E-state index contributed by atoms with van der Waals surface area (Å²) in [7, 11) is 0. The van der Waals surface area contributed by atoms with Crippen molar-refractivity contribution in [3.8, 4) is 0 Å². The fraction of sp³-hybridized carbons (Fsp3) is 0.500. The highest BCUT2D eigenvalue weighted by Gasteiger charge is 2.29. The second kappa shape index (κ2) is 6.35. The molecule has 0 unspecified atom stereocenters. The predicted octanol–water partition coefficient (Wildman–Crippen LogP) is 2.88. The molecule has 0 spiro atoms. The van der Waals surface area contributed by atoms with E-state index in [0.717, 1.165) is 25.1 Å². The van der Waals surface area contributed by atoms with E-state index in [1.807, 2.05) is 25.3 Å². The van der Waals surface area contributed by atoms with Gasteiger partial charge >= 0.3 is 5.97 Å². The van der Waals surface area contributed by atoms with Crippen LogP contribution in [0.4, 0.5) is 5.82 Å². The van der Waals surface area contributed by atoms with Gasteiger partial charge in [0, 0.05) is 18.3 Å². The van der Waals surface area contributed by atoms with Crippen molar-refractivity contribution in [1.82, 2.24) is 14.5 Å². The number of nitrogens with one attached hydrogen (secondary N) is 1. The molecular formula is C16H20N4O3S. The van der Waals surface area contributed by atoms with Crippen LogP contribution in [0.3, 0.4) is 0 Å². The second-order valence-electron chi connectivity index (χ2n) is 6.66. The van der Waals surface area contributed by atoms with E-state index in [4.69, 9.17) is 4.74 Å². The number of carbonyl (C=O) groups is 2. The summed E-state index contributed by atoms with van der Waals surface area (Å²) in [4.78, 5) is 33.4. The number of anilines is 1. The van der Waals surface area contributed by atoms with Gasteiger partial charge in [0.05, 0.1) is 5.51 Å². The van der Waals surface area contributed by atoms with Gasteiger partial charge in [-0.25, -0.2) is 14.8 Å². The number of carbonyl (C=O) groups excluding carboxylic acids is 2. The van der Waals surface area contributed by atoms with Crippen LogP contribution in [-0.2, 0) is 17.7 Å². The van der Waals surface area contributed by atoms with Gasteiger partial charge < -0.3 is 14.6 Å². The Balaban J connectivity index is 1.94. The highest BCUT2D eigenvalue weighted by molar-refractivity contribution is 7.07. The minimum absolute atomic E-state index is 0.249. The zero-order valence-electron chi connectivity index (χ0n) is 14.0. The van der Waals surface area contributed by atoms with E-state index in [9.17, 15) is 9.59 Å². The van der Waals surface area contributed by atoms with Crippen LogP contribution >= 0.6 is 11.3 Å². The summed E-state index contributed by atoms with van der Waals surface area (Å²) in [5.74, 6) is 0.197. The van der Waals surface area contributed by atoms with Gasteiger partial charge in [-0.2, -0.15) is 0 Å². The number of hydrogen-bond acceptors (Lipinski definition) is 6. The van der Waals surface area contributed by atoms with Gasteiger partial charge in [0.15, 0.2) is 11.5 Å². The normalized spacial score (nSPS) is 14.1. The maximum atomic E-state index is 12.6. The standard InChI is InChI=1S/C16H20N4O3S/c1-16(2,3)23-15(22)12-13(18-11-6-4-5-7-20(11)12)19-14(21)10-8-24-9-17-10/h8-9H,4-7H2,1-3H3,(H,19,21). The number of nitrogens with zero attached hydrogens (tertiary/aromatic N) is 3. The Labute approximate surface area is 144 Å². The Morgan fingerprint density at radius 2 is 2.12 bits per heavy atom. The molecule has 0 radical (unpaired) electrons. The molecule has 128 valence electrons. The number of hydrogen-bond donors (Lipinski definition) is 1. The molecule has 3 heterocycles. The van der Waals surface area contributed by atoms with E-state index in [1.165, 1.54) is 11.3 Å². The summed E-state index contributed by atoms with van der Waals surface area (Å²) >= 11 is 1.34. The van der Waals surface area contributed by atoms with Crippen LogP contribution in [0.25, 0.3) is 0 Å². The maximum Gasteiger partial charge on any atom is 0.359 e. The van der Waals surface area contributed by atoms with Crippen molar-refractivity contribution in [2.24, 2.45) is 0 Å². The Bertz CT molecular complexity index is 759. The van der Waals surface area contributed by atoms with Crippen LogP contribution in [0.5, 0.6) is 0 Å². The van der Waals surface area contributed by atoms with Gasteiger partial charge in [-0.05, 0) is 33.6 Å². The first kappa shape index (κ1) is 16.6. The molecule has 3 rings (SSSR count). The van der Waals surface area contributed by atoms with Crippen molar-refractivity contribution in [2.75, 3.05) is 5.32 Å². The Morgan fingerprint density at radius 1 is 1.33 bits per heavy atom. The number of rotatable bonds is 3. The van der Waals surface area contributed by atoms with Crippen molar-refractivity contribution in [3.05, 3.63) is 28.1 Å². The largest absolute Gasteiger partial charge is 0.455 e. The summed E-state index contributed by atoms with van der Waals surface area (Å²) in [6.07, 6.45) is 2.77. The number of fused-ring (bicyclic) bond motifs is 1. The maximum absolute atomic E-state index is 12.6. The topological polar surface area (TPSA) is 86.1 Å². The van der Waals surface area contributed by atoms with E-state index in [2.05, 4.69) is 15.3 Å². The first-order valence-electron chi connectivity index (χ1n) is 7.87. The summed E-state index contributed by atoms with van der Waals surface area (Å²) in [5.41, 5.74) is 1.58. The molecule has 0 atom stereocenters. The summed E-state index contributed by atoms with van der Waals surface area (Å²) in [6, 6.07) is 0. The van der Waals surface area contributed by atoms with Gasteiger partial charge in [0.1, 0.15) is 17.1 Å². The molecular weight excluding hydrogens is 328 g/mol. The number of thiazole rings is 1. The monoisotopic (exact) mass is 348 g/mol. The second-order valence-corrected chi connectivity index (χ2v) is 7.38. The van der Waals surface area contributed by atoms with Crippen LogP contribution in [0.15, 0.2) is 10.9 Å². The number of amides is 1. The lowest BCUT2D eigenvalue weighted by molar-refractivity contribution is 0.00579. The Kier molecular flexibility index (Phi) is 4.40. The van der Waals surface area contributed by atoms with Gasteiger partial charge in [0.2, 0.25) is 0 Å². The van der Waals surface area contributed by atoms with Crippen molar-refractivity contribution in [3.63, 3.8) is 0 Å². The molecule has 1 amide bonds. The number of ether oxygens (including phenoxy) is 1. The lowest BCUT2D eigenvalue weighted by atomic mass is 10.1. The van der Waals surface area contributed by atoms with Crippen LogP contribution < -0.4 is 5.32 Å². The summed E-state index contributed by atoms with van der Waals surface area (Å²) in [6.45, 7) is 6.13. The fourth-order valence-electron chi connectivity index (χ4n) is 2.60. The Hall–Kier alpha value is -2.22. The first-order valence-corrected chi connectivity index (χ1v) is 8.82. The van der Waals surface area contributed by atoms with Crippen molar-refractivity contribution in [2.45, 2.75) is 52.2 Å². The first-order chi connectivity index (χ1) is 11.3. The lowest BCUT2D eigenvalue weighted by Crippen LogP contribution is -2.27. The molecule has 8 heteroatoms. The van der Waals surface area contributed by atoms with Gasteiger partial charge in [-0.1, -0.05) is 0 Å². The number of aryl methyl sites for hydroxylation is 1. The number of aromatic nitrogens is 3. The summed E-state index contributed by atoms with van der Waals surface area (Å²) < 4.78 is 7.35. The lowest BCUT2D eigenvalue weighted by Gasteiger charge is -2.21. The third-order valence-corrected chi connectivity index (χ3v) is 4.15. The highest BCUT2D eigenvalue weighted by atomic mass is 32.1. The molecule has 1 N–H and O–H groups in total. The van der Waals surface area contributed by atoms with E-state index < -0.39 is 11.6 Å². The molecule has 0 aromatic carbocycles. The van der Waals surface area contributed by atoms with E-state index >= 15 is 0 Å². The molecule has 0 bridgehead atoms. The third kappa shape index (κ3) is 3.48. The SMILES string of the molecule is CC(C)(C)OC(=O)c1c(NC(=O)c2cscn2)nc2n1CCCC2. The fourth-order valence-corrected chi connectivity index (χ4v) is 3.13. The van der Waals surface area contributed by atoms with Crippen LogP contribution in [0, 0.1) is 0 Å². The van der Waals surface area contributed by atoms with Crippen molar-refractivity contribution in [1.29, 1.82) is 0 Å². The molecule has 1 aliphatic rings. The average Bonchev–Trinajstić information content (AvgIpc) is 3.12. The van der Waals surface area contributed by atoms with Gasteiger partial charge in [-0.3, -0.25) is 4.79 Å². The van der Waals surface area contributed by atoms with Gasteiger partial charge in [0.25, 0.3) is 5.91 Å². The average molecular weight is 348 g/mol. The molecule has 0 saturated heterocycles. The molecule has 0 aliphatic carbocycles. The number of esters is 1. The smallest absolute Gasteiger partial charge is 0.359 e. The van der Waals surface area contributed by atoms with Crippen LogP contribution in [0.2, 0.25) is 0 Å². The molecule has 24 heavy (non-hydrogen) atoms. The minimum atomic E-state index is -0.618. The van der Waals surface area contributed by atoms with Gasteiger partial charge in [-0.15, -0.1) is 11.3 Å². The third-order valence-electron chi connectivity index (χ3n) is 3.57. The van der Waals surface area contributed by atoms with Crippen molar-refractivity contribution >= 4 is 29.0 Å². The van der Waals surface area contributed by atoms with Crippen molar-refractivity contribution < 1.29 is 14.3 Å².